The highest BCUT2D eigenvalue weighted by Gasteiger charge is 2.60. The number of H-pyrrole nitrogens is 1. The summed E-state index contributed by atoms with van der Waals surface area (Å²) in [7, 11) is 3.62. The Balaban J connectivity index is 1.35. The fraction of sp³-hybridized carbons (Fsp3) is 0.405. The van der Waals surface area contributed by atoms with E-state index in [9.17, 15) is 9.59 Å². The second-order valence-corrected chi connectivity index (χ2v) is 13.4. The van der Waals surface area contributed by atoms with Crippen molar-refractivity contribution in [3.8, 4) is 5.75 Å². The summed E-state index contributed by atoms with van der Waals surface area (Å²) in [6.45, 7) is 7.85. The van der Waals surface area contributed by atoms with Crippen LogP contribution in [0.15, 0.2) is 72.8 Å². The van der Waals surface area contributed by atoms with Gasteiger partial charge in [0, 0.05) is 53.9 Å². The lowest BCUT2D eigenvalue weighted by atomic mass is 9.83. The van der Waals surface area contributed by atoms with Crippen molar-refractivity contribution in [2.45, 2.75) is 58.0 Å². The van der Waals surface area contributed by atoms with Gasteiger partial charge in [0.1, 0.15) is 17.1 Å². The predicted octanol–water partition coefficient (Wildman–Crippen LogP) is 6.89. The van der Waals surface area contributed by atoms with Gasteiger partial charge in [0.25, 0.3) is 0 Å². The number of anilines is 1. The Hall–Kier alpha value is -4.17. The maximum absolute atomic E-state index is 15.2. The molecule has 1 aromatic heterocycles. The number of nitrogens with zero attached hydrogens (tertiary/aromatic N) is 2. The van der Waals surface area contributed by atoms with E-state index in [1.807, 2.05) is 13.1 Å². The second kappa shape index (κ2) is 12.0. The Labute approximate surface area is 264 Å². The maximum atomic E-state index is 15.2. The Morgan fingerprint density at radius 1 is 1.02 bits per heavy atom. The Bertz CT molecular complexity index is 1700. The van der Waals surface area contributed by atoms with E-state index in [4.69, 9.17) is 4.74 Å². The highest BCUT2D eigenvalue weighted by atomic mass is 19.1. The molecule has 2 atom stereocenters. The van der Waals surface area contributed by atoms with Crippen LogP contribution in [0, 0.1) is 24.1 Å². The number of ether oxygens (including phenoxy) is 1. The van der Waals surface area contributed by atoms with Gasteiger partial charge in [-0.1, -0.05) is 50.2 Å². The summed E-state index contributed by atoms with van der Waals surface area (Å²) in [5.41, 5.74) is 3.26. The van der Waals surface area contributed by atoms with Crippen LogP contribution in [0.2, 0.25) is 0 Å². The van der Waals surface area contributed by atoms with Crippen molar-refractivity contribution in [2.24, 2.45) is 11.3 Å². The number of aryl methyl sites for hydroxylation is 1. The quantitative estimate of drug-likeness (QED) is 0.217. The molecular weight excluding hydrogens is 567 g/mol. The van der Waals surface area contributed by atoms with Crippen LogP contribution in [0.5, 0.6) is 5.75 Å². The number of methoxy groups -OCH3 is 1. The van der Waals surface area contributed by atoms with Gasteiger partial charge in [0.2, 0.25) is 11.8 Å². The molecule has 7 nitrogen and oxygen atoms in total. The molecule has 45 heavy (non-hydrogen) atoms. The molecule has 6 rings (SSSR count). The van der Waals surface area contributed by atoms with Gasteiger partial charge in [0.05, 0.1) is 7.11 Å². The predicted molar refractivity (Wildman–Crippen MR) is 176 cm³/mol. The van der Waals surface area contributed by atoms with Crippen molar-refractivity contribution >= 4 is 28.4 Å². The highest BCUT2D eigenvalue weighted by molar-refractivity contribution is 6.01. The van der Waals surface area contributed by atoms with Gasteiger partial charge >= 0.3 is 0 Å². The number of hydrogen-bond acceptors (Lipinski definition) is 4. The normalized spacial score (nSPS) is 20.5. The number of amides is 2. The lowest BCUT2D eigenvalue weighted by molar-refractivity contribution is -0.150. The maximum Gasteiger partial charge on any atom is 0.250 e. The average Bonchev–Trinajstić information content (AvgIpc) is 3.38. The molecule has 2 amide bonds. The minimum atomic E-state index is -1.14. The zero-order valence-corrected chi connectivity index (χ0v) is 26.8. The van der Waals surface area contributed by atoms with E-state index in [1.165, 1.54) is 17.0 Å². The number of piperidine rings is 1. The molecule has 2 N–H and O–H groups in total. The second-order valence-electron chi connectivity index (χ2n) is 13.4. The molecule has 236 valence electrons. The van der Waals surface area contributed by atoms with Gasteiger partial charge in [-0.15, -0.1) is 0 Å². The summed E-state index contributed by atoms with van der Waals surface area (Å²) in [5.74, 6) is 0.210. The number of aromatic nitrogens is 1. The van der Waals surface area contributed by atoms with E-state index >= 15 is 4.39 Å². The molecule has 1 saturated heterocycles. The summed E-state index contributed by atoms with van der Waals surface area (Å²) in [6, 6.07) is 22.0. The molecular formula is C37H43FN4O3. The van der Waals surface area contributed by atoms with Gasteiger partial charge in [-0.3, -0.25) is 9.59 Å². The lowest BCUT2D eigenvalue weighted by Gasteiger charge is -2.47. The number of halogens is 1. The molecule has 1 aliphatic heterocycles. The number of benzene rings is 3. The molecule has 0 bridgehead atoms. The summed E-state index contributed by atoms with van der Waals surface area (Å²) in [5, 5.41) is 4.29. The Morgan fingerprint density at radius 3 is 2.38 bits per heavy atom. The van der Waals surface area contributed by atoms with Crippen LogP contribution in [0.25, 0.3) is 10.9 Å². The number of para-hydroxylation sites is 1. The molecule has 0 spiro atoms. The fourth-order valence-corrected chi connectivity index (χ4v) is 7.50. The van der Waals surface area contributed by atoms with Crippen LogP contribution in [-0.2, 0) is 16.1 Å². The number of likely N-dealkylation sites (tertiary alicyclic amines) is 1. The lowest BCUT2D eigenvalue weighted by Crippen LogP contribution is -2.63. The fourth-order valence-electron chi connectivity index (χ4n) is 7.50. The van der Waals surface area contributed by atoms with Crippen LogP contribution in [-0.4, -0.2) is 59.4 Å². The zero-order chi connectivity index (χ0) is 31.9. The molecule has 4 aromatic rings. The molecule has 2 fully saturated rings. The van der Waals surface area contributed by atoms with Gasteiger partial charge in [0.15, 0.2) is 0 Å². The number of nitrogens with one attached hydrogen (secondary N) is 2. The summed E-state index contributed by atoms with van der Waals surface area (Å²) in [6.07, 6.45) is 1.17. The van der Waals surface area contributed by atoms with Crippen LogP contribution in [0.3, 0.4) is 0 Å². The van der Waals surface area contributed by atoms with E-state index in [1.54, 1.807) is 54.5 Å². The standard InChI is InChI=1S/C37H43FN4O3/c1-24-33(28-11-7-9-13-31(28)39-24)34-29(36(34,2)3)22-32(43)42(23-25-10-6-8-12-30(25)38)37(18-20-41(4)21-19-37)35(44)40-26-14-16-27(45-5)17-15-26/h6-17,29,34,39H,18-23H2,1-5H3,(H,40,44)/t29-,34-/m0/s1. The van der Waals surface area contributed by atoms with E-state index in [0.29, 0.717) is 42.9 Å². The van der Waals surface area contributed by atoms with Crippen molar-refractivity contribution in [1.29, 1.82) is 0 Å². The number of hydrogen-bond donors (Lipinski definition) is 2. The third-order valence-corrected chi connectivity index (χ3v) is 10.4. The molecule has 0 radical (unpaired) electrons. The van der Waals surface area contributed by atoms with Gasteiger partial charge in [-0.2, -0.15) is 0 Å². The van der Waals surface area contributed by atoms with E-state index in [2.05, 4.69) is 54.2 Å². The Morgan fingerprint density at radius 2 is 1.69 bits per heavy atom. The van der Waals surface area contributed by atoms with Crippen molar-refractivity contribution in [1.82, 2.24) is 14.8 Å². The summed E-state index contributed by atoms with van der Waals surface area (Å²) < 4.78 is 20.5. The molecule has 0 unspecified atom stereocenters. The van der Waals surface area contributed by atoms with Crippen molar-refractivity contribution in [3.05, 3.63) is 95.4 Å². The largest absolute Gasteiger partial charge is 0.497 e. The molecule has 8 heteroatoms. The molecule has 2 aliphatic rings. The SMILES string of the molecule is COc1ccc(NC(=O)C2(N(Cc3ccccc3F)C(=O)C[C@H]3[C@@H](c4c(C)[nH]c5ccccc45)C3(C)C)CCN(C)CC2)cc1. The van der Waals surface area contributed by atoms with E-state index < -0.39 is 5.54 Å². The Kier molecular flexibility index (Phi) is 8.20. The summed E-state index contributed by atoms with van der Waals surface area (Å²) >= 11 is 0. The van der Waals surface area contributed by atoms with E-state index in [0.717, 1.165) is 11.2 Å². The minimum Gasteiger partial charge on any atom is -0.497 e. The molecule has 3 aromatic carbocycles. The number of rotatable bonds is 9. The van der Waals surface area contributed by atoms with Crippen LogP contribution in [0.1, 0.15) is 55.8 Å². The zero-order valence-electron chi connectivity index (χ0n) is 26.8. The third kappa shape index (κ3) is 5.72. The first-order valence-corrected chi connectivity index (χ1v) is 15.8. The monoisotopic (exact) mass is 610 g/mol. The first kappa shape index (κ1) is 30.8. The molecule has 2 heterocycles. The third-order valence-electron chi connectivity index (χ3n) is 10.4. The van der Waals surface area contributed by atoms with Gasteiger partial charge in [-0.05, 0) is 86.0 Å². The van der Waals surface area contributed by atoms with Crippen LogP contribution in [0.4, 0.5) is 10.1 Å². The van der Waals surface area contributed by atoms with Crippen LogP contribution >= 0.6 is 0 Å². The van der Waals surface area contributed by atoms with Gasteiger partial charge in [-0.25, -0.2) is 4.39 Å². The first-order chi connectivity index (χ1) is 21.5. The average molecular weight is 611 g/mol. The van der Waals surface area contributed by atoms with Crippen molar-refractivity contribution < 1.29 is 18.7 Å². The topological polar surface area (TPSA) is 77.7 Å². The first-order valence-electron chi connectivity index (χ1n) is 15.8. The van der Waals surface area contributed by atoms with E-state index in [-0.39, 0.29) is 47.8 Å². The minimum absolute atomic E-state index is 0.0230. The highest BCUT2D eigenvalue weighted by Crippen LogP contribution is 2.67. The summed E-state index contributed by atoms with van der Waals surface area (Å²) in [4.78, 5) is 36.5. The number of fused-ring (bicyclic) bond motifs is 1. The number of aromatic amines is 1. The number of carbonyl (C=O) groups is 2. The van der Waals surface area contributed by atoms with Gasteiger partial charge < -0.3 is 24.8 Å². The van der Waals surface area contributed by atoms with Crippen LogP contribution < -0.4 is 10.1 Å². The molecule has 1 saturated carbocycles. The smallest absolute Gasteiger partial charge is 0.250 e. The number of carbonyl (C=O) groups excluding carboxylic acids is 2. The molecule has 1 aliphatic carbocycles. The van der Waals surface area contributed by atoms with Crippen molar-refractivity contribution in [2.75, 3.05) is 32.6 Å². The van der Waals surface area contributed by atoms with Crippen molar-refractivity contribution in [3.63, 3.8) is 0 Å².